The van der Waals surface area contributed by atoms with Crippen LogP contribution in [-0.4, -0.2) is 12.7 Å². The third-order valence-corrected chi connectivity index (χ3v) is 4.27. The summed E-state index contributed by atoms with van der Waals surface area (Å²) < 4.78 is 4.10. The van der Waals surface area contributed by atoms with E-state index in [-0.39, 0.29) is 0 Å². The van der Waals surface area contributed by atoms with Crippen LogP contribution in [0.3, 0.4) is 0 Å². The van der Waals surface area contributed by atoms with Crippen molar-refractivity contribution in [3.63, 3.8) is 0 Å². The Labute approximate surface area is 59.0 Å². The van der Waals surface area contributed by atoms with Crippen molar-refractivity contribution in [3.8, 4) is 0 Å². The maximum absolute atomic E-state index is 5.78. The van der Waals surface area contributed by atoms with E-state index in [1.807, 2.05) is 0 Å². The minimum atomic E-state index is -1.77. The fourth-order valence-corrected chi connectivity index (χ4v) is 3.05. The van der Waals surface area contributed by atoms with Crippen LogP contribution >= 0.6 is 28.2 Å². The van der Waals surface area contributed by atoms with Crippen molar-refractivity contribution in [3.05, 3.63) is 0 Å². The third-order valence-electron chi connectivity index (χ3n) is 1.14. The summed E-state index contributed by atoms with van der Waals surface area (Å²) in [5.74, 6) is -1.77. The average molecular weight is 172 g/mol. The van der Waals surface area contributed by atoms with Gasteiger partial charge in [0, 0.05) is 12.7 Å². The van der Waals surface area contributed by atoms with Crippen molar-refractivity contribution in [2.45, 2.75) is 12.8 Å². The molecule has 4 heteroatoms. The summed E-state index contributed by atoms with van der Waals surface area (Å²) >= 11 is 11.6. The standard InChI is InChI=1S/C4H8Cl2NP/c5-8(6)4-2-1-3-7-8/h1-4H2. The van der Waals surface area contributed by atoms with Crippen LogP contribution in [0, 0.1) is 0 Å². The number of hydrogen-bond donors (Lipinski definition) is 0. The summed E-state index contributed by atoms with van der Waals surface area (Å²) in [4.78, 5) is 0. The van der Waals surface area contributed by atoms with Gasteiger partial charge in [0.2, 0.25) is 0 Å². The minimum Gasteiger partial charge on any atom is -0.273 e. The highest BCUT2D eigenvalue weighted by Gasteiger charge is 2.13. The van der Waals surface area contributed by atoms with Crippen LogP contribution in [0.25, 0.3) is 0 Å². The van der Waals surface area contributed by atoms with Gasteiger partial charge in [-0.25, -0.2) is 0 Å². The molecule has 0 aliphatic carbocycles. The van der Waals surface area contributed by atoms with Gasteiger partial charge in [0.15, 0.2) is 0 Å². The predicted octanol–water partition coefficient (Wildman–Crippen LogP) is 3.29. The number of halogens is 2. The summed E-state index contributed by atoms with van der Waals surface area (Å²) in [7, 11) is 0. The van der Waals surface area contributed by atoms with Crippen LogP contribution in [0.15, 0.2) is 4.74 Å². The fraction of sp³-hybridized carbons (Fsp3) is 1.00. The van der Waals surface area contributed by atoms with E-state index in [4.69, 9.17) is 22.5 Å². The Morgan fingerprint density at radius 1 is 1.25 bits per heavy atom. The first-order chi connectivity index (χ1) is 3.71. The first-order valence-electron chi connectivity index (χ1n) is 2.67. The van der Waals surface area contributed by atoms with E-state index >= 15 is 0 Å². The zero-order chi connectivity index (χ0) is 6.04. The highest BCUT2D eigenvalue weighted by molar-refractivity contribution is 8.10. The van der Waals surface area contributed by atoms with Crippen LogP contribution in [0.5, 0.6) is 0 Å². The van der Waals surface area contributed by atoms with Gasteiger partial charge in [-0.15, -0.1) is 0 Å². The van der Waals surface area contributed by atoms with Crippen LogP contribution in [0.4, 0.5) is 0 Å². The average Bonchev–Trinajstić information content (AvgIpc) is 1.65. The molecule has 0 fully saturated rings. The summed E-state index contributed by atoms with van der Waals surface area (Å²) in [6.45, 7) is 0.876. The summed E-state index contributed by atoms with van der Waals surface area (Å²) in [5, 5.41) is 0. The van der Waals surface area contributed by atoms with Crippen molar-refractivity contribution < 1.29 is 0 Å². The lowest BCUT2D eigenvalue weighted by atomic mass is 10.3. The van der Waals surface area contributed by atoms with Crippen LogP contribution < -0.4 is 0 Å². The van der Waals surface area contributed by atoms with Gasteiger partial charge in [-0.3, -0.25) is 4.74 Å². The molecular formula is C4H8Cl2NP. The molecule has 0 bridgehead atoms. The van der Waals surface area contributed by atoms with Crippen molar-refractivity contribution in [1.82, 2.24) is 0 Å². The second-order valence-corrected chi connectivity index (χ2v) is 7.69. The molecule has 0 aromatic heterocycles. The molecule has 1 rings (SSSR count). The zero-order valence-electron chi connectivity index (χ0n) is 4.48. The van der Waals surface area contributed by atoms with Crippen molar-refractivity contribution >= 4 is 28.2 Å². The van der Waals surface area contributed by atoms with Crippen molar-refractivity contribution in [1.29, 1.82) is 0 Å². The van der Waals surface area contributed by atoms with E-state index in [9.17, 15) is 0 Å². The van der Waals surface area contributed by atoms with Gasteiger partial charge in [-0.05, 0) is 12.8 Å². The van der Waals surface area contributed by atoms with E-state index in [0.29, 0.717) is 0 Å². The molecule has 0 spiro atoms. The summed E-state index contributed by atoms with van der Waals surface area (Å²) in [6.07, 6.45) is 3.25. The predicted molar refractivity (Wildman–Crippen MR) is 40.0 cm³/mol. The van der Waals surface area contributed by atoms with E-state index in [1.165, 1.54) is 6.42 Å². The Morgan fingerprint density at radius 3 is 2.25 bits per heavy atom. The highest BCUT2D eigenvalue weighted by Crippen LogP contribution is 2.61. The number of nitrogens with zero attached hydrogens (tertiary/aromatic N) is 1. The molecule has 0 aromatic rings. The zero-order valence-corrected chi connectivity index (χ0v) is 6.89. The van der Waals surface area contributed by atoms with Crippen LogP contribution in [-0.2, 0) is 0 Å². The Bertz CT molecular complexity index is 128. The van der Waals surface area contributed by atoms with Gasteiger partial charge in [0.1, 0.15) is 5.76 Å². The van der Waals surface area contributed by atoms with Gasteiger partial charge in [0.05, 0.1) is 0 Å². The summed E-state index contributed by atoms with van der Waals surface area (Å²) in [6, 6.07) is 0. The molecule has 0 N–H and O–H groups in total. The second kappa shape index (κ2) is 2.60. The minimum absolute atomic E-state index is 0.876. The lowest BCUT2D eigenvalue weighted by Gasteiger charge is -2.12. The maximum Gasteiger partial charge on any atom is 0.137 e. The molecule has 0 saturated heterocycles. The van der Waals surface area contributed by atoms with E-state index in [2.05, 4.69) is 4.74 Å². The topological polar surface area (TPSA) is 12.4 Å². The molecule has 48 valence electrons. The number of hydrogen-bond acceptors (Lipinski definition) is 1. The van der Waals surface area contributed by atoms with Gasteiger partial charge in [0.25, 0.3) is 0 Å². The molecule has 1 nitrogen and oxygen atoms in total. The third kappa shape index (κ3) is 1.97. The second-order valence-electron chi connectivity index (χ2n) is 1.89. The van der Waals surface area contributed by atoms with E-state index in [0.717, 1.165) is 19.1 Å². The molecule has 1 heterocycles. The molecule has 0 aromatic carbocycles. The van der Waals surface area contributed by atoms with Gasteiger partial charge in [-0.1, -0.05) is 22.5 Å². The Hall–Kier alpha value is 0.810. The molecular weight excluding hydrogens is 164 g/mol. The number of rotatable bonds is 0. The Morgan fingerprint density at radius 2 is 2.00 bits per heavy atom. The highest BCUT2D eigenvalue weighted by atomic mass is 35.9. The smallest absolute Gasteiger partial charge is 0.137 e. The molecule has 0 saturated carbocycles. The molecule has 0 unspecified atom stereocenters. The monoisotopic (exact) mass is 171 g/mol. The lowest BCUT2D eigenvalue weighted by molar-refractivity contribution is 0.798. The van der Waals surface area contributed by atoms with E-state index < -0.39 is 5.76 Å². The molecule has 1 aliphatic rings. The van der Waals surface area contributed by atoms with Crippen molar-refractivity contribution in [2.75, 3.05) is 12.7 Å². The Kier molecular flexibility index (Phi) is 2.25. The normalized spacial score (nSPS) is 26.8. The molecule has 0 radical (unpaired) electrons. The largest absolute Gasteiger partial charge is 0.273 e. The first kappa shape index (κ1) is 6.92. The van der Waals surface area contributed by atoms with Gasteiger partial charge < -0.3 is 0 Å². The first-order valence-corrected chi connectivity index (χ1v) is 6.41. The van der Waals surface area contributed by atoms with Gasteiger partial charge in [-0.2, -0.15) is 0 Å². The quantitative estimate of drug-likeness (QED) is 0.497. The lowest BCUT2D eigenvalue weighted by Crippen LogP contribution is -1.90. The molecule has 0 amide bonds. The van der Waals surface area contributed by atoms with Gasteiger partial charge >= 0.3 is 0 Å². The molecule has 8 heavy (non-hydrogen) atoms. The SMILES string of the molecule is ClP1(Cl)=NCCCC1. The molecule has 0 atom stereocenters. The van der Waals surface area contributed by atoms with Crippen molar-refractivity contribution in [2.24, 2.45) is 4.74 Å². The maximum atomic E-state index is 5.78. The van der Waals surface area contributed by atoms with Crippen LogP contribution in [0.2, 0.25) is 0 Å². The van der Waals surface area contributed by atoms with E-state index in [1.54, 1.807) is 0 Å². The summed E-state index contributed by atoms with van der Waals surface area (Å²) in [5.41, 5.74) is 0. The molecule has 1 aliphatic heterocycles. The Balaban J connectivity index is 2.63. The van der Waals surface area contributed by atoms with Crippen LogP contribution in [0.1, 0.15) is 12.8 Å². The fourth-order valence-electron chi connectivity index (χ4n) is 0.702.